The minimum absolute atomic E-state index is 0.112. The lowest BCUT2D eigenvalue weighted by Gasteiger charge is -2.22. The molecule has 0 bridgehead atoms. The van der Waals surface area contributed by atoms with Gasteiger partial charge in [-0.15, -0.1) is 0 Å². The third kappa shape index (κ3) is 2.90. The van der Waals surface area contributed by atoms with E-state index < -0.39 is 0 Å². The fraction of sp³-hybridized carbons (Fsp3) is 0.316. The zero-order chi connectivity index (χ0) is 15.5. The predicted molar refractivity (Wildman–Crippen MR) is 88.6 cm³/mol. The molecule has 0 aliphatic carbocycles. The Morgan fingerprint density at radius 3 is 2.68 bits per heavy atom. The Balaban J connectivity index is 1.81. The van der Waals surface area contributed by atoms with Crippen LogP contribution in [0, 0.1) is 6.92 Å². The molecule has 1 aliphatic rings. The Bertz CT molecular complexity index is 694. The van der Waals surface area contributed by atoms with Gasteiger partial charge in [0.05, 0.1) is 0 Å². The molecule has 1 heterocycles. The van der Waals surface area contributed by atoms with Gasteiger partial charge in [0.15, 0.2) is 0 Å². The van der Waals surface area contributed by atoms with Crippen molar-refractivity contribution in [1.82, 2.24) is 10.2 Å². The van der Waals surface area contributed by atoms with Crippen LogP contribution in [0.4, 0.5) is 0 Å². The number of carbonyl (C=O) groups excluding carboxylic acids is 1. The Labute approximate surface area is 132 Å². The minimum atomic E-state index is 0.112. The summed E-state index contributed by atoms with van der Waals surface area (Å²) >= 11 is 0. The normalized spacial score (nSPS) is 13.0. The van der Waals surface area contributed by atoms with Gasteiger partial charge in [-0.25, -0.2) is 0 Å². The molecule has 0 saturated carbocycles. The van der Waals surface area contributed by atoms with Gasteiger partial charge in [-0.2, -0.15) is 0 Å². The van der Waals surface area contributed by atoms with E-state index in [1.807, 2.05) is 36.1 Å². The molecule has 3 heteroatoms. The predicted octanol–water partition coefficient (Wildman–Crippen LogP) is 3.26. The summed E-state index contributed by atoms with van der Waals surface area (Å²) in [6.45, 7) is 7.27. The average molecular weight is 294 g/mol. The maximum absolute atomic E-state index is 12.8. The van der Waals surface area contributed by atoms with E-state index in [-0.39, 0.29) is 5.91 Å². The summed E-state index contributed by atoms with van der Waals surface area (Å²) in [6.07, 6.45) is 0. The van der Waals surface area contributed by atoms with Crippen LogP contribution in [-0.4, -0.2) is 17.4 Å². The number of hydrogen-bond acceptors (Lipinski definition) is 2. The van der Waals surface area contributed by atoms with Gasteiger partial charge in [0.2, 0.25) is 0 Å². The van der Waals surface area contributed by atoms with Gasteiger partial charge in [0.1, 0.15) is 0 Å². The number of hydrogen-bond donors (Lipinski definition) is 1. The van der Waals surface area contributed by atoms with Crippen molar-refractivity contribution < 1.29 is 4.79 Å². The third-order valence-corrected chi connectivity index (χ3v) is 4.38. The summed E-state index contributed by atoms with van der Waals surface area (Å²) in [5.74, 6) is 0.112. The largest absolute Gasteiger partial charge is 0.335 e. The van der Waals surface area contributed by atoms with Crippen molar-refractivity contribution in [3.8, 4) is 0 Å². The van der Waals surface area contributed by atoms with Crippen molar-refractivity contribution in [1.29, 1.82) is 0 Å². The molecule has 1 aliphatic heterocycles. The summed E-state index contributed by atoms with van der Waals surface area (Å²) in [5, 5.41) is 3.32. The molecule has 3 rings (SSSR count). The number of benzene rings is 2. The zero-order valence-electron chi connectivity index (χ0n) is 13.2. The third-order valence-electron chi connectivity index (χ3n) is 4.38. The van der Waals surface area contributed by atoms with Crippen LogP contribution in [0.5, 0.6) is 0 Å². The van der Waals surface area contributed by atoms with Crippen LogP contribution in [0.3, 0.4) is 0 Å². The highest BCUT2D eigenvalue weighted by molar-refractivity contribution is 5.94. The number of fused-ring (bicyclic) bond motifs is 1. The highest BCUT2D eigenvalue weighted by Crippen LogP contribution is 2.19. The van der Waals surface area contributed by atoms with Crippen LogP contribution in [0.25, 0.3) is 0 Å². The van der Waals surface area contributed by atoms with Crippen LogP contribution in [0.1, 0.15) is 39.5 Å². The zero-order valence-corrected chi connectivity index (χ0v) is 13.2. The standard InChI is InChI=1S/C19H22N2O/c1-3-21(13-17-7-5-4-6-14(17)2)19(22)15-8-9-16-11-20-12-18(16)10-15/h4-10,20H,3,11-13H2,1-2H3. The SMILES string of the molecule is CCN(Cc1ccccc1C)C(=O)c1ccc2c(c1)CNC2. The Hall–Kier alpha value is -2.13. The quantitative estimate of drug-likeness (QED) is 0.938. The van der Waals surface area contributed by atoms with Crippen molar-refractivity contribution in [3.05, 3.63) is 70.3 Å². The molecule has 0 saturated heterocycles. The summed E-state index contributed by atoms with van der Waals surface area (Å²) in [5.41, 5.74) is 5.78. The molecule has 0 atom stereocenters. The minimum Gasteiger partial charge on any atom is -0.335 e. The Morgan fingerprint density at radius 1 is 1.14 bits per heavy atom. The highest BCUT2D eigenvalue weighted by Gasteiger charge is 2.18. The lowest BCUT2D eigenvalue weighted by molar-refractivity contribution is 0.0752. The first-order valence-corrected chi connectivity index (χ1v) is 7.85. The molecule has 22 heavy (non-hydrogen) atoms. The van der Waals surface area contributed by atoms with Gasteiger partial charge >= 0.3 is 0 Å². The van der Waals surface area contributed by atoms with Gasteiger partial charge in [-0.1, -0.05) is 30.3 Å². The highest BCUT2D eigenvalue weighted by atomic mass is 16.2. The van der Waals surface area contributed by atoms with Crippen LogP contribution < -0.4 is 5.32 Å². The Morgan fingerprint density at radius 2 is 1.91 bits per heavy atom. The second kappa shape index (κ2) is 6.32. The van der Waals surface area contributed by atoms with Crippen molar-refractivity contribution in [2.24, 2.45) is 0 Å². The van der Waals surface area contributed by atoms with E-state index in [1.54, 1.807) is 0 Å². The first-order valence-electron chi connectivity index (χ1n) is 7.85. The van der Waals surface area contributed by atoms with Gasteiger partial charge < -0.3 is 10.2 Å². The molecule has 1 N–H and O–H groups in total. The Kier molecular flexibility index (Phi) is 4.25. The first-order chi connectivity index (χ1) is 10.7. The average Bonchev–Trinajstić information content (AvgIpc) is 3.01. The molecule has 0 spiro atoms. The molecular weight excluding hydrogens is 272 g/mol. The second-order valence-electron chi connectivity index (χ2n) is 5.83. The summed E-state index contributed by atoms with van der Waals surface area (Å²) < 4.78 is 0. The molecule has 0 unspecified atom stereocenters. The number of nitrogens with one attached hydrogen (secondary N) is 1. The number of nitrogens with zero attached hydrogens (tertiary/aromatic N) is 1. The second-order valence-corrected chi connectivity index (χ2v) is 5.83. The van der Waals surface area contributed by atoms with Gasteiger partial charge in [-0.05, 0) is 48.2 Å². The van der Waals surface area contributed by atoms with E-state index in [9.17, 15) is 4.79 Å². The monoisotopic (exact) mass is 294 g/mol. The smallest absolute Gasteiger partial charge is 0.254 e. The van der Waals surface area contributed by atoms with Crippen molar-refractivity contribution in [2.45, 2.75) is 33.5 Å². The molecule has 114 valence electrons. The molecular formula is C19H22N2O. The van der Waals surface area contributed by atoms with Crippen LogP contribution in [0.2, 0.25) is 0 Å². The molecule has 0 radical (unpaired) electrons. The van der Waals surface area contributed by atoms with Crippen molar-refractivity contribution >= 4 is 5.91 Å². The fourth-order valence-corrected chi connectivity index (χ4v) is 2.93. The summed E-state index contributed by atoms with van der Waals surface area (Å²) in [6, 6.07) is 14.3. The number of aryl methyl sites for hydroxylation is 1. The fourth-order valence-electron chi connectivity index (χ4n) is 2.93. The van der Waals surface area contributed by atoms with E-state index in [4.69, 9.17) is 0 Å². The van der Waals surface area contributed by atoms with Crippen LogP contribution >= 0.6 is 0 Å². The van der Waals surface area contributed by atoms with Crippen LogP contribution in [0.15, 0.2) is 42.5 Å². The summed E-state index contributed by atoms with van der Waals surface area (Å²) in [7, 11) is 0. The molecule has 2 aromatic rings. The maximum atomic E-state index is 12.8. The van der Waals surface area contributed by atoms with E-state index in [1.165, 1.54) is 22.3 Å². The molecule has 0 fully saturated rings. The lowest BCUT2D eigenvalue weighted by Crippen LogP contribution is -2.30. The van der Waals surface area contributed by atoms with E-state index in [0.717, 1.165) is 18.7 Å². The number of rotatable bonds is 4. The van der Waals surface area contributed by atoms with Crippen molar-refractivity contribution in [3.63, 3.8) is 0 Å². The first kappa shape index (κ1) is 14.8. The van der Waals surface area contributed by atoms with E-state index in [2.05, 4.69) is 30.4 Å². The molecule has 1 amide bonds. The van der Waals surface area contributed by atoms with Crippen LogP contribution in [-0.2, 0) is 19.6 Å². The van der Waals surface area contributed by atoms with E-state index >= 15 is 0 Å². The summed E-state index contributed by atoms with van der Waals surface area (Å²) in [4.78, 5) is 14.7. The topological polar surface area (TPSA) is 32.3 Å². The molecule has 0 aromatic heterocycles. The molecule has 3 nitrogen and oxygen atoms in total. The van der Waals surface area contributed by atoms with Gasteiger partial charge in [0, 0.05) is 31.7 Å². The number of carbonyl (C=O) groups is 1. The lowest BCUT2D eigenvalue weighted by atomic mass is 10.0. The van der Waals surface area contributed by atoms with Gasteiger partial charge in [-0.3, -0.25) is 4.79 Å². The molecule has 2 aromatic carbocycles. The van der Waals surface area contributed by atoms with E-state index in [0.29, 0.717) is 13.1 Å². The van der Waals surface area contributed by atoms with Gasteiger partial charge in [0.25, 0.3) is 5.91 Å². The number of amides is 1. The maximum Gasteiger partial charge on any atom is 0.254 e. The van der Waals surface area contributed by atoms with Crippen molar-refractivity contribution in [2.75, 3.05) is 6.54 Å².